The van der Waals surface area contributed by atoms with Crippen LogP contribution in [0.2, 0.25) is 0 Å². The Balaban J connectivity index is 2.51. The third-order valence-corrected chi connectivity index (χ3v) is 6.79. The summed E-state index contributed by atoms with van der Waals surface area (Å²) in [6.45, 7) is 15.3. The van der Waals surface area contributed by atoms with Crippen LogP contribution in [0.4, 0.5) is 17.6 Å². The van der Waals surface area contributed by atoms with E-state index in [0.29, 0.717) is 18.4 Å². The van der Waals surface area contributed by atoms with Crippen molar-refractivity contribution in [2.45, 2.75) is 78.1 Å². The topological polar surface area (TPSA) is 77.3 Å². The minimum Gasteiger partial charge on any atom is -0.351 e. The Bertz CT molecular complexity index is 1200. The smallest absolute Gasteiger partial charge is 0.351 e. The van der Waals surface area contributed by atoms with Crippen LogP contribution >= 0.6 is 0 Å². The molecule has 40 heavy (non-hydrogen) atoms. The zero-order valence-corrected chi connectivity index (χ0v) is 24.0. The van der Waals surface area contributed by atoms with Crippen molar-refractivity contribution in [1.29, 1.82) is 5.41 Å². The van der Waals surface area contributed by atoms with Crippen LogP contribution in [0.5, 0.6) is 0 Å². The Morgan fingerprint density at radius 3 is 2.23 bits per heavy atom. The van der Waals surface area contributed by atoms with Crippen molar-refractivity contribution in [1.82, 2.24) is 10.6 Å². The fraction of sp³-hybridized carbons (Fsp3) is 0.452. The number of guanidine groups is 1. The number of hydrogen-bond donors (Lipinski definition) is 3. The van der Waals surface area contributed by atoms with Crippen molar-refractivity contribution in [3.63, 3.8) is 0 Å². The first-order valence-electron chi connectivity index (χ1n) is 13.3. The van der Waals surface area contributed by atoms with Gasteiger partial charge in [0.25, 0.3) is 5.91 Å². The Morgan fingerprint density at radius 1 is 1.12 bits per heavy atom. The van der Waals surface area contributed by atoms with E-state index in [0.717, 1.165) is 29.8 Å². The largest absolute Gasteiger partial charge is 0.416 e. The first-order valence-corrected chi connectivity index (χ1v) is 13.3. The second-order valence-electron chi connectivity index (χ2n) is 11.1. The summed E-state index contributed by atoms with van der Waals surface area (Å²) >= 11 is 0. The van der Waals surface area contributed by atoms with Crippen molar-refractivity contribution < 1.29 is 22.4 Å². The van der Waals surface area contributed by atoms with Gasteiger partial charge < -0.3 is 10.7 Å². The SMILES string of the molecule is C=CC(C)C(CC(N=C(NC(=O)c1ccc(C(F)(F)F)cc1)NC(C)(C)C)C(C=N)CC)c1ccc(F)c(C)c1. The van der Waals surface area contributed by atoms with Crippen LogP contribution in [0, 0.1) is 30.0 Å². The normalized spacial score (nSPS) is 15.5. The first kappa shape index (κ1) is 32.7. The lowest BCUT2D eigenvalue weighted by Gasteiger charge is -2.30. The number of halogens is 4. The average Bonchev–Trinajstić information content (AvgIpc) is 2.87. The number of aliphatic imine (C=N–C) groups is 1. The highest BCUT2D eigenvalue weighted by atomic mass is 19.4. The lowest BCUT2D eigenvalue weighted by molar-refractivity contribution is -0.137. The maximum atomic E-state index is 14.0. The summed E-state index contributed by atoms with van der Waals surface area (Å²) in [5.41, 5.74) is 0.140. The molecule has 0 heterocycles. The van der Waals surface area contributed by atoms with Gasteiger partial charge >= 0.3 is 6.18 Å². The quantitative estimate of drug-likeness (QED) is 0.121. The van der Waals surface area contributed by atoms with Crippen molar-refractivity contribution in [2.24, 2.45) is 16.8 Å². The molecular formula is C31H40F4N4O. The third kappa shape index (κ3) is 9.31. The molecule has 4 unspecified atom stereocenters. The van der Waals surface area contributed by atoms with Crippen LogP contribution in [0.3, 0.4) is 0 Å². The standard InChI is InChI=1S/C31H40F4N4O/c1-8-19(3)25(23-12-15-26(32)20(4)16-23)17-27(21(9-2)18-36)37-29(39-30(5,6)7)38-28(40)22-10-13-24(14-11-22)31(33,34)35/h8,10-16,18-19,21,25,27,36H,1,9,17H2,2-7H3,(H2,37,38,39,40). The maximum absolute atomic E-state index is 14.0. The molecule has 9 heteroatoms. The van der Waals surface area contributed by atoms with E-state index in [1.807, 2.05) is 46.8 Å². The van der Waals surface area contributed by atoms with Gasteiger partial charge in [-0.2, -0.15) is 13.2 Å². The van der Waals surface area contributed by atoms with Crippen LogP contribution in [-0.4, -0.2) is 29.7 Å². The molecule has 3 N–H and O–H groups in total. The fourth-order valence-corrected chi connectivity index (χ4v) is 4.41. The van der Waals surface area contributed by atoms with Gasteiger partial charge in [0.05, 0.1) is 11.6 Å². The van der Waals surface area contributed by atoms with Gasteiger partial charge in [-0.25, -0.2) is 9.38 Å². The molecule has 0 aliphatic carbocycles. The highest BCUT2D eigenvalue weighted by Gasteiger charge is 2.31. The molecule has 0 saturated heterocycles. The van der Waals surface area contributed by atoms with Gasteiger partial charge in [-0.05, 0) is 93.8 Å². The lowest BCUT2D eigenvalue weighted by atomic mass is 9.79. The van der Waals surface area contributed by atoms with E-state index < -0.39 is 29.2 Å². The highest BCUT2D eigenvalue weighted by Crippen LogP contribution is 2.34. The van der Waals surface area contributed by atoms with E-state index in [4.69, 9.17) is 10.4 Å². The molecule has 2 rings (SSSR count). The number of nitrogens with one attached hydrogen (secondary N) is 3. The molecule has 218 valence electrons. The third-order valence-electron chi connectivity index (χ3n) is 6.79. The van der Waals surface area contributed by atoms with Gasteiger partial charge in [0.15, 0.2) is 5.96 Å². The number of amides is 1. The molecule has 0 fully saturated rings. The molecule has 2 aromatic rings. The van der Waals surface area contributed by atoms with Crippen LogP contribution in [0.15, 0.2) is 60.1 Å². The van der Waals surface area contributed by atoms with E-state index in [2.05, 4.69) is 17.2 Å². The molecule has 0 aliphatic rings. The maximum Gasteiger partial charge on any atom is 0.416 e. The molecule has 0 aliphatic heterocycles. The number of alkyl halides is 3. The number of aryl methyl sites for hydroxylation is 1. The zero-order chi connectivity index (χ0) is 30.3. The molecule has 0 aromatic heterocycles. The van der Waals surface area contributed by atoms with Crippen LogP contribution < -0.4 is 10.6 Å². The summed E-state index contributed by atoms with van der Waals surface area (Å²) in [6.07, 6.45) is -0.238. The molecule has 4 atom stereocenters. The fourth-order valence-electron chi connectivity index (χ4n) is 4.41. The van der Waals surface area contributed by atoms with E-state index >= 15 is 0 Å². The van der Waals surface area contributed by atoms with Crippen molar-refractivity contribution in [3.8, 4) is 0 Å². The van der Waals surface area contributed by atoms with Gasteiger partial charge in [-0.3, -0.25) is 10.1 Å². The molecule has 2 aromatic carbocycles. The molecule has 5 nitrogen and oxygen atoms in total. The van der Waals surface area contributed by atoms with Crippen LogP contribution in [0.25, 0.3) is 0 Å². The number of allylic oxidation sites excluding steroid dienone is 1. The predicted molar refractivity (Wildman–Crippen MR) is 153 cm³/mol. The van der Waals surface area contributed by atoms with Crippen molar-refractivity contribution in [2.75, 3.05) is 0 Å². The van der Waals surface area contributed by atoms with Gasteiger partial charge in [0, 0.05) is 23.2 Å². The first-order chi connectivity index (χ1) is 18.6. The average molecular weight is 561 g/mol. The van der Waals surface area contributed by atoms with E-state index in [1.54, 1.807) is 13.0 Å². The number of carbonyl (C=O) groups excluding carboxylic acids is 1. The van der Waals surface area contributed by atoms with Gasteiger partial charge in [0.2, 0.25) is 0 Å². The van der Waals surface area contributed by atoms with Crippen LogP contribution in [0.1, 0.15) is 80.4 Å². The van der Waals surface area contributed by atoms with Gasteiger partial charge in [-0.15, -0.1) is 6.58 Å². The molecule has 1 amide bonds. The Labute approximate surface area is 234 Å². The van der Waals surface area contributed by atoms with E-state index in [1.165, 1.54) is 12.3 Å². The number of rotatable bonds is 10. The second-order valence-corrected chi connectivity index (χ2v) is 11.1. The zero-order valence-electron chi connectivity index (χ0n) is 24.0. The van der Waals surface area contributed by atoms with Crippen molar-refractivity contribution in [3.05, 3.63) is 83.2 Å². The molecule has 0 radical (unpaired) electrons. The van der Waals surface area contributed by atoms with Crippen molar-refractivity contribution >= 4 is 18.1 Å². The molecular weight excluding hydrogens is 520 g/mol. The molecule has 0 spiro atoms. The summed E-state index contributed by atoms with van der Waals surface area (Å²) in [7, 11) is 0. The minimum absolute atomic E-state index is 0.00608. The summed E-state index contributed by atoms with van der Waals surface area (Å²) in [5, 5.41) is 14.0. The van der Waals surface area contributed by atoms with E-state index in [9.17, 15) is 22.4 Å². The summed E-state index contributed by atoms with van der Waals surface area (Å²) < 4.78 is 53.0. The number of carbonyl (C=O) groups is 1. The lowest BCUT2D eigenvalue weighted by Crippen LogP contribution is -2.50. The van der Waals surface area contributed by atoms with E-state index in [-0.39, 0.29) is 35.1 Å². The number of benzene rings is 2. The minimum atomic E-state index is -4.51. The summed E-state index contributed by atoms with van der Waals surface area (Å²) in [5.74, 6) is -1.11. The van der Waals surface area contributed by atoms with Gasteiger partial charge in [-0.1, -0.05) is 32.1 Å². The number of nitrogens with zero attached hydrogens (tertiary/aromatic N) is 1. The molecule has 0 saturated carbocycles. The Hall–Kier alpha value is -3.49. The second kappa shape index (κ2) is 13.7. The monoisotopic (exact) mass is 560 g/mol. The summed E-state index contributed by atoms with van der Waals surface area (Å²) in [6, 6.07) is 8.52. The molecule has 0 bridgehead atoms. The van der Waals surface area contributed by atoms with Crippen LogP contribution in [-0.2, 0) is 6.18 Å². The Morgan fingerprint density at radius 2 is 1.75 bits per heavy atom. The predicted octanol–water partition coefficient (Wildman–Crippen LogP) is 7.67. The Kier molecular flexibility index (Phi) is 11.2. The summed E-state index contributed by atoms with van der Waals surface area (Å²) in [4.78, 5) is 17.9. The number of hydrogen-bond acceptors (Lipinski definition) is 3. The van der Waals surface area contributed by atoms with Gasteiger partial charge in [0.1, 0.15) is 5.82 Å². The highest BCUT2D eigenvalue weighted by molar-refractivity contribution is 6.06.